The average molecular weight is 330 g/mol. The molecule has 1 aromatic heterocycles. The van der Waals surface area contributed by atoms with Crippen LogP contribution in [0.4, 0.5) is 0 Å². The van der Waals surface area contributed by atoms with Crippen LogP contribution >= 0.6 is 12.4 Å². The maximum absolute atomic E-state index is 5.40. The summed E-state index contributed by atoms with van der Waals surface area (Å²) < 4.78 is 0. The molecular formula is C17H20ClN5. The molecule has 1 heterocycles. The number of hydrogen-bond acceptors (Lipinski definition) is 3. The first-order valence-electron chi connectivity index (χ1n) is 7.31. The van der Waals surface area contributed by atoms with Gasteiger partial charge in [0.25, 0.3) is 0 Å². The smallest absolute Gasteiger partial charge is 0.211 e. The summed E-state index contributed by atoms with van der Waals surface area (Å²) in [6.45, 7) is 2.00. The molecule has 120 valence electrons. The van der Waals surface area contributed by atoms with E-state index >= 15 is 0 Å². The van der Waals surface area contributed by atoms with Gasteiger partial charge in [-0.2, -0.15) is 5.10 Å². The van der Waals surface area contributed by atoms with Gasteiger partial charge in [-0.15, -0.1) is 17.5 Å². The SMILES string of the molecule is Cc1ccc2c(n1)CC(c1ccccc1)C/C2=N/N=C(N)N.Cl. The minimum absolute atomic E-state index is 0. The summed E-state index contributed by atoms with van der Waals surface area (Å²) in [5.74, 6) is 0.312. The number of nitrogens with two attached hydrogens (primary N) is 2. The zero-order valence-corrected chi connectivity index (χ0v) is 13.8. The predicted octanol–water partition coefficient (Wildman–Crippen LogP) is 2.52. The summed E-state index contributed by atoms with van der Waals surface area (Å²) in [7, 11) is 0. The molecule has 1 unspecified atom stereocenters. The molecule has 23 heavy (non-hydrogen) atoms. The zero-order chi connectivity index (χ0) is 15.5. The lowest BCUT2D eigenvalue weighted by atomic mass is 9.81. The van der Waals surface area contributed by atoms with Crippen LogP contribution in [0.1, 0.15) is 34.9 Å². The summed E-state index contributed by atoms with van der Waals surface area (Å²) in [4.78, 5) is 4.67. The van der Waals surface area contributed by atoms with Gasteiger partial charge in [-0.3, -0.25) is 4.98 Å². The Morgan fingerprint density at radius 1 is 1.09 bits per heavy atom. The van der Waals surface area contributed by atoms with Crippen molar-refractivity contribution in [2.24, 2.45) is 21.7 Å². The van der Waals surface area contributed by atoms with E-state index in [1.165, 1.54) is 5.56 Å². The molecule has 1 aliphatic rings. The van der Waals surface area contributed by atoms with Gasteiger partial charge in [0.05, 0.1) is 11.4 Å². The fourth-order valence-corrected chi connectivity index (χ4v) is 2.85. The number of guanidine groups is 1. The number of aryl methyl sites for hydroxylation is 1. The van der Waals surface area contributed by atoms with Crippen molar-refractivity contribution in [3.8, 4) is 0 Å². The number of rotatable bonds is 2. The van der Waals surface area contributed by atoms with E-state index in [0.717, 1.165) is 35.5 Å². The molecule has 3 rings (SSSR count). The van der Waals surface area contributed by atoms with Gasteiger partial charge in [0.15, 0.2) is 0 Å². The molecule has 4 N–H and O–H groups in total. The van der Waals surface area contributed by atoms with E-state index in [1.54, 1.807) is 0 Å². The fraction of sp³-hybridized carbons (Fsp3) is 0.235. The Hall–Kier alpha value is -2.40. The van der Waals surface area contributed by atoms with Crippen LogP contribution in [-0.2, 0) is 6.42 Å². The van der Waals surface area contributed by atoms with Gasteiger partial charge in [0.2, 0.25) is 5.96 Å². The first-order chi connectivity index (χ1) is 10.6. The Morgan fingerprint density at radius 2 is 1.83 bits per heavy atom. The molecule has 1 aromatic carbocycles. The second kappa shape index (κ2) is 7.24. The van der Waals surface area contributed by atoms with Gasteiger partial charge in [-0.1, -0.05) is 30.3 Å². The number of benzene rings is 1. The minimum Gasteiger partial charge on any atom is -0.369 e. The molecule has 0 fully saturated rings. The lowest BCUT2D eigenvalue weighted by Crippen LogP contribution is -2.24. The second-order valence-corrected chi connectivity index (χ2v) is 5.53. The van der Waals surface area contributed by atoms with E-state index in [4.69, 9.17) is 11.5 Å². The largest absolute Gasteiger partial charge is 0.369 e. The summed E-state index contributed by atoms with van der Waals surface area (Å²) in [5.41, 5.74) is 16.1. The minimum atomic E-state index is -0.0315. The molecule has 1 atom stereocenters. The van der Waals surface area contributed by atoms with Crippen molar-refractivity contribution in [1.29, 1.82) is 0 Å². The molecule has 0 saturated carbocycles. The van der Waals surface area contributed by atoms with Crippen LogP contribution in [0.5, 0.6) is 0 Å². The van der Waals surface area contributed by atoms with E-state index in [-0.39, 0.29) is 18.4 Å². The van der Waals surface area contributed by atoms with E-state index in [1.807, 2.05) is 19.1 Å². The molecule has 6 heteroatoms. The summed E-state index contributed by atoms with van der Waals surface area (Å²) in [6.07, 6.45) is 1.71. The number of halogens is 1. The summed E-state index contributed by atoms with van der Waals surface area (Å²) in [6, 6.07) is 14.5. The first kappa shape index (κ1) is 17.0. The summed E-state index contributed by atoms with van der Waals surface area (Å²) in [5, 5.41) is 8.07. The number of pyridine rings is 1. The molecule has 0 aliphatic heterocycles. The molecule has 0 saturated heterocycles. The highest BCUT2D eigenvalue weighted by atomic mass is 35.5. The standard InChI is InChI=1S/C17H19N5.ClH/c1-11-7-8-14-15(20-11)9-13(12-5-3-2-4-6-12)10-16(14)21-22-17(18)19;/h2-8,13H,9-10H2,1H3,(H4,18,19,22);1H/b21-16-;. The Balaban J connectivity index is 0.00000192. The van der Waals surface area contributed by atoms with E-state index in [2.05, 4.69) is 45.5 Å². The number of nitrogens with zero attached hydrogens (tertiary/aromatic N) is 3. The van der Waals surface area contributed by atoms with Gasteiger partial charge in [0, 0.05) is 11.3 Å². The van der Waals surface area contributed by atoms with Crippen LogP contribution < -0.4 is 11.5 Å². The lowest BCUT2D eigenvalue weighted by molar-refractivity contribution is 0.676. The lowest BCUT2D eigenvalue weighted by Gasteiger charge is -2.25. The van der Waals surface area contributed by atoms with Crippen LogP contribution in [0.2, 0.25) is 0 Å². The number of aromatic nitrogens is 1. The van der Waals surface area contributed by atoms with Gasteiger partial charge >= 0.3 is 0 Å². The molecule has 1 aliphatic carbocycles. The number of hydrogen-bond donors (Lipinski definition) is 2. The van der Waals surface area contributed by atoms with Gasteiger partial charge in [-0.25, -0.2) is 0 Å². The van der Waals surface area contributed by atoms with Gasteiger partial charge < -0.3 is 11.5 Å². The topological polar surface area (TPSA) is 89.6 Å². The quantitative estimate of drug-likeness (QED) is 0.504. The highest BCUT2D eigenvalue weighted by Crippen LogP contribution is 2.32. The van der Waals surface area contributed by atoms with Crippen LogP contribution in [0.15, 0.2) is 52.7 Å². The van der Waals surface area contributed by atoms with Crippen molar-refractivity contribution in [2.75, 3.05) is 0 Å². The van der Waals surface area contributed by atoms with Crippen molar-refractivity contribution < 1.29 is 0 Å². The molecule has 0 bridgehead atoms. The third-order valence-corrected chi connectivity index (χ3v) is 3.86. The third-order valence-electron chi connectivity index (χ3n) is 3.86. The van der Waals surface area contributed by atoms with Crippen molar-refractivity contribution in [3.05, 3.63) is 65.0 Å². The fourth-order valence-electron chi connectivity index (χ4n) is 2.85. The summed E-state index contributed by atoms with van der Waals surface area (Å²) >= 11 is 0. The highest BCUT2D eigenvalue weighted by molar-refractivity contribution is 6.03. The molecule has 5 nitrogen and oxygen atoms in total. The van der Waals surface area contributed by atoms with Crippen LogP contribution in [-0.4, -0.2) is 16.7 Å². The highest BCUT2D eigenvalue weighted by Gasteiger charge is 2.26. The second-order valence-electron chi connectivity index (χ2n) is 5.53. The molecule has 0 spiro atoms. The Bertz CT molecular complexity index is 736. The van der Waals surface area contributed by atoms with E-state index in [0.29, 0.717) is 5.92 Å². The molecule has 2 aromatic rings. The Morgan fingerprint density at radius 3 is 2.52 bits per heavy atom. The van der Waals surface area contributed by atoms with Crippen LogP contribution in [0, 0.1) is 6.92 Å². The normalized spacial score (nSPS) is 18.0. The van der Waals surface area contributed by atoms with Crippen molar-refractivity contribution >= 4 is 24.1 Å². The third kappa shape index (κ3) is 3.87. The van der Waals surface area contributed by atoms with Gasteiger partial charge in [-0.05, 0) is 43.4 Å². The van der Waals surface area contributed by atoms with Gasteiger partial charge in [0.1, 0.15) is 0 Å². The van der Waals surface area contributed by atoms with E-state index < -0.39 is 0 Å². The van der Waals surface area contributed by atoms with Crippen LogP contribution in [0.25, 0.3) is 0 Å². The molecule has 0 radical (unpaired) electrons. The predicted molar refractivity (Wildman–Crippen MR) is 96.1 cm³/mol. The Labute approximate surface area is 141 Å². The molecular weight excluding hydrogens is 310 g/mol. The van der Waals surface area contributed by atoms with E-state index in [9.17, 15) is 0 Å². The zero-order valence-electron chi connectivity index (χ0n) is 12.9. The maximum Gasteiger partial charge on any atom is 0.211 e. The number of fused-ring (bicyclic) bond motifs is 1. The maximum atomic E-state index is 5.40. The monoisotopic (exact) mass is 329 g/mol. The van der Waals surface area contributed by atoms with Crippen molar-refractivity contribution in [2.45, 2.75) is 25.7 Å². The Kier molecular flexibility index (Phi) is 5.34. The molecule has 0 amide bonds. The average Bonchev–Trinajstić information content (AvgIpc) is 2.52. The van der Waals surface area contributed by atoms with Crippen molar-refractivity contribution in [1.82, 2.24) is 4.98 Å². The first-order valence-corrected chi connectivity index (χ1v) is 7.31. The van der Waals surface area contributed by atoms with Crippen molar-refractivity contribution in [3.63, 3.8) is 0 Å². The van der Waals surface area contributed by atoms with Crippen LogP contribution in [0.3, 0.4) is 0 Å².